The molecule has 8 heteroatoms. The summed E-state index contributed by atoms with van der Waals surface area (Å²) in [5.74, 6) is -0.480. The van der Waals surface area contributed by atoms with Gasteiger partial charge in [0.2, 0.25) is 5.91 Å². The number of hydrogen-bond acceptors (Lipinski definition) is 5. The van der Waals surface area contributed by atoms with Crippen molar-refractivity contribution >= 4 is 17.8 Å². The number of hydrogen-bond donors (Lipinski definition) is 0. The van der Waals surface area contributed by atoms with Crippen molar-refractivity contribution in [3.63, 3.8) is 0 Å². The van der Waals surface area contributed by atoms with Crippen molar-refractivity contribution in [2.24, 2.45) is 0 Å². The lowest BCUT2D eigenvalue weighted by Crippen LogP contribution is -2.50. The van der Waals surface area contributed by atoms with Gasteiger partial charge in [0, 0.05) is 44.8 Å². The van der Waals surface area contributed by atoms with Gasteiger partial charge in [-0.15, -0.1) is 0 Å². The van der Waals surface area contributed by atoms with Gasteiger partial charge in [-0.1, -0.05) is 0 Å². The molecule has 0 spiro atoms. The van der Waals surface area contributed by atoms with E-state index in [-0.39, 0.29) is 30.6 Å². The van der Waals surface area contributed by atoms with E-state index in [0.29, 0.717) is 38.5 Å². The molecule has 8 nitrogen and oxygen atoms in total. The van der Waals surface area contributed by atoms with E-state index in [4.69, 9.17) is 4.74 Å². The van der Waals surface area contributed by atoms with Crippen LogP contribution in [0, 0.1) is 0 Å². The second kappa shape index (κ2) is 8.33. The minimum absolute atomic E-state index is 0.0643. The molecule has 0 saturated carbocycles. The van der Waals surface area contributed by atoms with Crippen LogP contribution in [0.1, 0.15) is 48.8 Å². The molecule has 0 unspecified atom stereocenters. The quantitative estimate of drug-likeness (QED) is 0.725. The van der Waals surface area contributed by atoms with Crippen LogP contribution in [0.15, 0.2) is 6.07 Å². The summed E-state index contributed by atoms with van der Waals surface area (Å²) in [6, 6.07) is 1.90. The molecule has 0 N–H and O–H groups in total. The third-order valence-corrected chi connectivity index (χ3v) is 4.90. The fourth-order valence-corrected chi connectivity index (χ4v) is 3.44. The van der Waals surface area contributed by atoms with Crippen LogP contribution in [-0.4, -0.2) is 70.1 Å². The minimum atomic E-state index is -0.349. The molecule has 1 saturated heterocycles. The van der Waals surface area contributed by atoms with E-state index in [2.05, 4.69) is 5.10 Å². The molecule has 0 radical (unpaired) electrons. The fraction of sp³-hybridized carbons (Fsp3) is 0.667. The van der Waals surface area contributed by atoms with E-state index in [0.717, 1.165) is 31.5 Å². The third-order valence-electron chi connectivity index (χ3n) is 4.90. The normalized spacial score (nSPS) is 17.0. The van der Waals surface area contributed by atoms with Crippen molar-refractivity contribution in [1.29, 1.82) is 0 Å². The van der Waals surface area contributed by atoms with Gasteiger partial charge in [-0.05, 0) is 32.3 Å². The van der Waals surface area contributed by atoms with Gasteiger partial charge in [-0.3, -0.25) is 19.1 Å². The summed E-state index contributed by atoms with van der Waals surface area (Å²) in [6.07, 6.45) is 3.48. The summed E-state index contributed by atoms with van der Waals surface area (Å²) in [5, 5.41) is 4.44. The number of amides is 2. The van der Waals surface area contributed by atoms with Crippen molar-refractivity contribution in [1.82, 2.24) is 19.6 Å². The molecule has 0 atom stereocenters. The van der Waals surface area contributed by atoms with Gasteiger partial charge >= 0.3 is 5.97 Å². The summed E-state index contributed by atoms with van der Waals surface area (Å²) in [4.78, 5) is 39.7. The predicted octanol–water partition coefficient (Wildman–Crippen LogP) is 0.847. The van der Waals surface area contributed by atoms with Gasteiger partial charge in [-0.2, -0.15) is 5.10 Å². The average molecular weight is 362 g/mol. The number of fused-ring (bicyclic) bond motifs is 1. The highest BCUT2D eigenvalue weighted by molar-refractivity contribution is 5.92. The number of piperazine rings is 1. The van der Waals surface area contributed by atoms with Crippen molar-refractivity contribution in [3.8, 4) is 0 Å². The predicted molar refractivity (Wildman–Crippen MR) is 93.5 cm³/mol. The van der Waals surface area contributed by atoms with E-state index in [1.165, 1.54) is 0 Å². The van der Waals surface area contributed by atoms with Crippen molar-refractivity contribution in [2.75, 3.05) is 32.8 Å². The monoisotopic (exact) mass is 362 g/mol. The van der Waals surface area contributed by atoms with E-state index in [1.807, 2.05) is 10.7 Å². The lowest BCUT2D eigenvalue weighted by atomic mass is 10.1. The van der Waals surface area contributed by atoms with Crippen LogP contribution >= 0.6 is 0 Å². The number of aryl methyl sites for hydroxylation is 2. The zero-order chi connectivity index (χ0) is 18.5. The first-order valence-corrected chi connectivity index (χ1v) is 9.38. The lowest BCUT2D eigenvalue weighted by Gasteiger charge is -2.34. The van der Waals surface area contributed by atoms with Crippen LogP contribution in [0.3, 0.4) is 0 Å². The zero-order valence-electron chi connectivity index (χ0n) is 15.3. The molecule has 26 heavy (non-hydrogen) atoms. The van der Waals surface area contributed by atoms with Crippen LogP contribution in [0.2, 0.25) is 0 Å². The number of carbonyl (C=O) groups is 3. The molecule has 0 aliphatic carbocycles. The number of ether oxygens (including phenoxy) is 1. The maximum atomic E-state index is 12.7. The van der Waals surface area contributed by atoms with Crippen LogP contribution in [-0.2, 0) is 27.3 Å². The number of esters is 1. The molecular weight excluding hydrogens is 336 g/mol. The second-order valence-electron chi connectivity index (χ2n) is 6.68. The second-order valence-corrected chi connectivity index (χ2v) is 6.68. The number of rotatable bonds is 5. The van der Waals surface area contributed by atoms with Crippen molar-refractivity contribution in [2.45, 2.75) is 45.6 Å². The molecule has 1 fully saturated rings. The Balaban J connectivity index is 1.48. The lowest BCUT2D eigenvalue weighted by molar-refractivity contribution is -0.146. The Morgan fingerprint density at radius 3 is 2.46 bits per heavy atom. The molecule has 2 aliphatic heterocycles. The Morgan fingerprint density at radius 2 is 1.77 bits per heavy atom. The minimum Gasteiger partial charge on any atom is -0.466 e. The van der Waals surface area contributed by atoms with Crippen LogP contribution < -0.4 is 0 Å². The number of nitrogens with zero attached hydrogens (tertiary/aromatic N) is 4. The SMILES string of the molecule is CCOC(=O)CCC(=O)N1CCN(C(=O)c2cc3n(n2)CCCC3)CC1. The molecule has 3 rings (SSSR count). The highest BCUT2D eigenvalue weighted by atomic mass is 16.5. The maximum absolute atomic E-state index is 12.7. The van der Waals surface area contributed by atoms with Gasteiger partial charge in [0.05, 0.1) is 13.0 Å². The molecule has 0 bridgehead atoms. The van der Waals surface area contributed by atoms with Crippen LogP contribution in [0.25, 0.3) is 0 Å². The Morgan fingerprint density at radius 1 is 1.04 bits per heavy atom. The Bertz CT molecular complexity index is 653. The molecule has 142 valence electrons. The maximum Gasteiger partial charge on any atom is 0.306 e. The summed E-state index contributed by atoms with van der Waals surface area (Å²) in [6.45, 7) is 4.91. The van der Waals surface area contributed by atoms with Gasteiger partial charge in [0.15, 0.2) is 5.69 Å². The average Bonchev–Trinajstić information content (AvgIpc) is 3.10. The van der Waals surface area contributed by atoms with Gasteiger partial charge < -0.3 is 14.5 Å². The first-order valence-electron chi connectivity index (χ1n) is 9.38. The molecule has 1 aromatic heterocycles. The summed E-state index contributed by atoms with van der Waals surface area (Å²) in [7, 11) is 0. The Hall–Kier alpha value is -2.38. The van der Waals surface area contributed by atoms with Gasteiger partial charge in [-0.25, -0.2) is 0 Å². The van der Waals surface area contributed by atoms with Crippen molar-refractivity contribution in [3.05, 3.63) is 17.5 Å². The third kappa shape index (κ3) is 4.23. The first kappa shape index (κ1) is 18.4. The molecular formula is C18H26N4O4. The number of aromatic nitrogens is 2. The largest absolute Gasteiger partial charge is 0.466 e. The van der Waals surface area contributed by atoms with Gasteiger partial charge in [0.25, 0.3) is 5.91 Å². The molecule has 1 aromatic rings. The number of carbonyl (C=O) groups excluding carboxylic acids is 3. The Kier molecular flexibility index (Phi) is 5.90. The Labute approximate surface area is 153 Å². The first-order chi connectivity index (χ1) is 12.6. The summed E-state index contributed by atoms with van der Waals surface area (Å²) < 4.78 is 6.78. The zero-order valence-corrected chi connectivity index (χ0v) is 15.3. The topological polar surface area (TPSA) is 84.7 Å². The van der Waals surface area contributed by atoms with E-state index in [9.17, 15) is 14.4 Å². The van der Waals surface area contributed by atoms with E-state index < -0.39 is 0 Å². The highest BCUT2D eigenvalue weighted by Gasteiger charge is 2.27. The fourth-order valence-electron chi connectivity index (χ4n) is 3.44. The summed E-state index contributed by atoms with van der Waals surface area (Å²) >= 11 is 0. The standard InChI is InChI=1S/C18H26N4O4/c1-2-26-17(24)7-6-16(23)20-9-11-21(12-10-20)18(25)15-13-14-5-3-4-8-22(14)19-15/h13H,2-12H2,1H3. The van der Waals surface area contributed by atoms with Gasteiger partial charge in [0.1, 0.15) is 0 Å². The van der Waals surface area contributed by atoms with E-state index >= 15 is 0 Å². The molecule has 2 amide bonds. The van der Waals surface area contributed by atoms with Crippen LogP contribution in [0.5, 0.6) is 0 Å². The van der Waals surface area contributed by atoms with Crippen LogP contribution in [0.4, 0.5) is 0 Å². The summed E-state index contributed by atoms with van der Waals surface area (Å²) in [5.41, 5.74) is 1.64. The smallest absolute Gasteiger partial charge is 0.306 e. The molecule has 2 aliphatic rings. The van der Waals surface area contributed by atoms with Crippen molar-refractivity contribution < 1.29 is 19.1 Å². The molecule has 3 heterocycles. The molecule has 0 aromatic carbocycles. The highest BCUT2D eigenvalue weighted by Crippen LogP contribution is 2.17. The van der Waals surface area contributed by atoms with E-state index in [1.54, 1.807) is 16.7 Å².